The molecule has 1 rings (SSSR count). The highest BCUT2D eigenvalue weighted by molar-refractivity contribution is 5.85. The van der Waals surface area contributed by atoms with Crippen molar-refractivity contribution in [2.75, 3.05) is 26.2 Å². The number of nitrogens with zero attached hydrogens (tertiary/aromatic N) is 1. The standard InChI is InChI=1S/C7H13N3O2/c8-2-1-7(12)10-4-3-9-6(11)5-10/h1-5,8H2,(H,9,11). The van der Waals surface area contributed by atoms with Crippen molar-refractivity contribution in [3.8, 4) is 0 Å². The third-order valence-corrected chi connectivity index (χ3v) is 1.75. The van der Waals surface area contributed by atoms with E-state index in [1.165, 1.54) is 4.90 Å². The van der Waals surface area contributed by atoms with Crippen molar-refractivity contribution in [2.45, 2.75) is 6.42 Å². The molecule has 5 nitrogen and oxygen atoms in total. The molecule has 3 N–H and O–H groups in total. The zero-order chi connectivity index (χ0) is 8.97. The summed E-state index contributed by atoms with van der Waals surface area (Å²) in [5.74, 6) is -0.126. The quantitative estimate of drug-likeness (QED) is 0.519. The summed E-state index contributed by atoms with van der Waals surface area (Å²) in [7, 11) is 0. The predicted octanol–water partition coefficient (Wildman–Crippen LogP) is -1.71. The summed E-state index contributed by atoms with van der Waals surface area (Å²) in [6.07, 6.45) is 0.327. The first-order valence-corrected chi connectivity index (χ1v) is 3.98. The first-order chi connectivity index (χ1) is 5.74. The third kappa shape index (κ3) is 2.20. The van der Waals surface area contributed by atoms with E-state index >= 15 is 0 Å². The van der Waals surface area contributed by atoms with Crippen molar-refractivity contribution in [3.63, 3.8) is 0 Å². The van der Waals surface area contributed by atoms with Crippen LogP contribution in [0.2, 0.25) is 0 Å². The van der Waals surface area contributed by atoms with Crippen LogP contribution in [0.3, 0.4) is 0 Å². The van der Waals surface area contributed by atoms with Crippen LogP contribution in [0, 0.1) is 0 Å². The van der Waals surface area contributed by atoms with Gasteiger partial charge in [-0.2, -0.15) is 0 Å². The number of rotatable bonds is 2. The van der Waals surface area contributed by atoms with Crippen LogP contribution >= 0.6 is 0 Å². The van der Waals surface area contributed by atoms with Gasteiger partial charge in [0.1, 0.15) is 0 Å². The molecule has 0 bridgehead atoms. The van der Waals surface area contributed by atoms with Crippen LogP contribution in [0.5, 0.6) is 0 Å². The van der Waals surface area contributed by atoms with Gasteiger partial charge in [-0.25, -0.2) is 0 Å². The van der Waals surface area contributed by atoms with E-state index in [2.05, 4.69) is 5.32 Å². The van der Waals surface area contributed by atoms with Gasteiger partial charge < -0.3 is 16.0 Å². The summed E-state index contributed by atoms with van der Waals surface area (Å²) in [6, 6.07) is 0. The molecule has 0 aliphatic carbocycles. The summed E-state index contributed by atoms with van der Waals surface area (Å²) >= 11 is 0. The molecule has 1 fully saturated rings. The monoisotopic (exact) mass is 171 g/mol. The number of piperazine rings is 1. The van der Waals surface area contributed by atoms with Crippen LogP contribution in [0.15, 0.2) is 0 Å². The molecule has 68 valence electrons. The molecule has 0 saturated carbocycles. The van der Waals surface area contributed by atoms with Gasteiger partial charge >= 0.3 is 0 Å². The lowest BCUT2D eigenvalue weighted by atomic mass is 10.3. The van der Waals surface area contributed by atoms with Crippen molar-refractivity contribution in [1.82, 2.24) is 10.2 Å². The van der Waals surface area contributed by atoms with Crippen LogP contribution in [-0.4, -0.2) is 42.9 Å². The first kappa shape index (κ1) is 8.99. The fourth-order valence-electron chi connectivity index (χ4n) is 1.13. The van der Waals surface area contributed by atoms with E-state index in [0.29, 0.717) is 26.1 Å². The number of hydrogen-bond acceptors (Lipinski definition) is 3. The zero-order valence-electron chi connectivity index (χ0n) is 6.88. The van der Waals surface area contributed by atoms with Crippen LogP contribution in [0.1, 0.15) is 6.42 Å². The molecular weight excluding hydrogens is 158 g/mol. The van der Waals surface area contributed by atoms with Gasteiger partial charge in [-0.05, 0) is 0 Å². The van der Waals surface area contributed by atoms with Gasteiger partial charge in [0, 0.05) is 26.1 Å². The lowest BCUT2D eigenvalue weighted by Gasteiger charge is -2.26. The number of nitrogens with one attached hydrogen (secondary N) is 1. The summed E-state index contributed by atoms with van der Waals surface area (Å²) < 4.78 is 0. The van der Waals surface area contributed by atoms with Crippen molar-refractivity contribution in [1.29, 1.82) is 0 Å². The van der Waals surface area contributed by atoms with Crippen LogP contribution in [0.4, 0.5) is 0 Å². The number of carbonyl (C=O) groups excluding carboxylic acids is 2. The normalized spacial score (nSPS) is 17.4. The molecule has 12 heavy (non-hydrogen) atoms. The van der Waals surface area contributed by atoms with Gasteiger partial charge in [-0.3, -0.25) is 9.59 Å². The second-order valence-electron chi connectivity index (χ2n) is 2.70. The Labute approximate surface area is 70.9 Å². The van der Waals surface area contributed by atoms with Crippen molar-refractivity contribution in [3.05, 3.63) is 0 Å². The van der Waals surface area contributed by atoms with Crippen molar-refractivity contribution >= 4 is 11.8 Å². The van der Waals surface area contributed by atoms with Gasteiger partial charge in [0.15, 0.2) is 0 Å². The maximum Gasteiger partial charge on any atom is 0.239 e. The average molecular weight is 171 g/mol. The zero-order valence-corrected chi connectivity index (χ0v) is 6.88. The Hall–Kier alpha value is -1.10. The Morgan fingerprint density at radius 3 is 3.00 bits per heavy atom. The summed E-state index contributed by atoms with van der Waals surface area (Å²) in [5, 5.41) is 2.64. The maximum atomic E-state index is 11.2. The van der Waals surface area contributed by atoms with Crippen LogP contribution in [0.25, 0.3) is 0 Å². The molecule has 0 atom stereocenters. The summed E-state index contributed by atoms with van der Waals surface area (Å²) in [5.41, 5.74) is 5.22. The molecule has 5 heteroatoms. The minimum absolute atomic E-state index is 0.0349. The maximum absolute atomic E-state index is 11.2. The Balaban J connectivity index is 2.40. The fourth-order valence-corrected chi connectivity index (χ4v) is 1.13. The van der Waals surface area contributed by atoms with E-state index < -0.39 is 0 Å². The Kier molecular flexibility index (Phi) is 3.04. The van der Waals surface area contributed by atoms with E-state index in [4.69, 9.17) is 5.73 Å². The second kappa shape index (κ2) is 4.06. The largest absolute Gasteiger partial charge is 0.353 e. The fraction of sp³-hybridized carbons (Fsp3) is 0.714. The highest BCUT2D eigenvalue weighted by Gasteiger charge is 2.19. The minimum Gasteiger partial charge on any atom is -0.353 e. The Morgan fingerprint density at radius 1 is 1.67 bits per heavy atom. The smallest absolute Gasteiger partial charge is 0.239 e. The molecule has 2 amide bonds. The Morgan fingerprint density at radius 2 is 2.42 bits per heavy atom. The van der Waals surface area contributed by atoms with E-state index in [1.54, 1.807) is 0 Å². The topological polar surface area (TPSA) is 75.4 Å². The second-order valence-corrected chi connectivity index (χ2v) is 2.70. The molecule has 1 saturated heterocycles. The Bertz CT molecular complexity index is 193. The predicted molar refractivity (Wildman–Crippen MR) is 43.3 cm³/mol. The third-order valence-electron chi connectivity index (χ3n) is 1.75. The van der Waals surface area contributed by atoms with Crippen LogP contribution < -0.4 is 11.1 Å². The number of amides is 2. The summed E-state index contributed by atoms with van der Waals surface area (Å²) in [4.78, 5) is 23.6. The molecule has 0 aromatic carbocycles. The number of carbonyl (C=O) groups is 2. The van der Waals surface area contributed by atoms with Gasteiger partial charge in [0.2, 0.25) is 11.8 Å². The molecular formula is C7H13N3O2. The van der Waals surface area contributed by atoms with Gasteiger partial charge in [-0.15, -0.1) is 0 Å². The SMILES string of the molecule is NCCC(=O)N1CCNC(=O)C1. The molecule has 0 unspecified atom stereocenters. The minimum atomic E-state index is -0.0911. The molecule has 0 spiro atoms. The molecule has 0 radical (unpaired) electrons. The van der Waals surface area contributed by atoms with Crippen molar-refractivity contribution in [2.24, 2.45) is 5.73 Å². The average Bonchev–Trinajstić information content (AvgIpc) is 2.05. The number of nitrogens with two attached hydrogens (primary N) is 1. The van der Waals surface area contributed by atoms with E-state index in [9.17, 15) is 9.59 Å². The van der Waals surface area contributed by atoms with E-state index in [0.717, 1.165) is 0 Å². The van der Waals surface area contributed by atoms with E-state index in [1.807, 2.05) is 0 Å². The van der Waals surface area contributed by atoms with Gasteiger partial charge in [0.05, 0.1) is 6.54 Å². The molecule has 1 aliphatic rings. The lowest BCUT2D eigenvalue weighted by Crippen LogP contribution is -2.50. The lowest BCUT2D eigenvalue weighted by molar-refractivity contribution is -0.138. The van der Waals surface area contributed by atoms with E-state index in [-0.39, 0.29) is 18.4 Å². The summed E-state index contributed by atoms with van der Waals surface area (Å²) in [6.45, 7) is 1.68. The number of hydrogen-bond donors (Lipinski definition) is 2. The van der Waals surface area contributed by atoms with Gasteiger partial charge in [0.25, 0.3) is 0 Å². The molecule has 1 heterocycles. The molecule has 0 aromatic heterocycles. The van der Waals surface area contributed by atoms with Crippen molar-refractivity contribution < 1.29 is 9.59 Å². The molecule has 1 aliphatic heterocycles. The first-order valence-electron chi connectivity index (χ1n) is 3.98. The van der Waals surface area contributed by atoms with Gasteiger partial charge in [-0.1, -0.05) is 0 Å². The highest BCUT2D eigenvalue weighted by atomic mass is 16.2. The molecule has 0 aromatic rings. The highest BCUT2D eigenvalue weighted by Crippen LogP contribution is 1.96. The van der Waals surface area contributed by atoms with Crippen LogP contribution in [-0.2, 0) is 9.59 Å².